The van der Waals surface area contributed by atoms with Crippen LogP contribution in [0.15, 0.2) is 21.1 Å². The van der Waals surface area contributed by atoms with Gasteiger partial charge in [-0.25, -0.2) is 0 Å². The third-order valence-corrected chi connectivity index (χ3v) is 2.54. The van der Waals surface area contributed by atoms with Crippen LogP contribution in [0.1, 0.15) is 0 Å². The van der Waals surface area contributed by atoms with E-state index >= 15 is 0 Å². The molecule has 0 heterocycles. The lowest BCUT2D eigenvalue weighted by Gasteiger charge is -2.10. The highest BCUT2D eigenvalue weighted by molar-refractivity contribution is 9.11. The Hall–Kier alpha value is -0.550. The van der Waals surface area contributed by atoms with E-state index in [0.717, 1.165) is 8.95 Å². The minimum absolute atomic E-state index is 0.0105. The second kappa shape index (κ2) is 5.36. The Kier molecular flexibility index (Phi) is 4.41. The molecule has 0 fully saturated rings. The minimum atomic E-state index is 0.0105. The predicted molar refractivity (Wildman–Crippen MR) is 60.0 cm³/mol. The third kappa shape index (κ3) is 2.72. The number of methoxy groups -OCH3 is 1. The number of halogens is 2. The van der Waals surface area contributed by atoms with E-state index in [0.29, 0.717) is 17.8 Å². The number of carbonyl (C=O) groups is 1. The van der Waals surface area contributed by atoms with E-state index in [1.54, 1.807) is 13.2 Å². The van der Waals surface area contributed by atoms with Crippen molar-refractivity contribution < 1.29 is 14.3 Å². The molecule has 0 spiro atoms. The molecule has 0 aliphatic rings. The van der Waals surface area contributed by atoms with Crippen LogP contribution in [0, 0.1) is 0 Å². The van der Waals surface area contributed by atoms with Gasteiger partial charge in [0.25, 0.3) is 0 Å². The topological polar surface area (TPSA) is 35.5 Å². The van der Waals surface area contributed by atoms with E-state index < -0.39 is 0 Å². The fraction of sp³-hybridized carbons (Fsp3) is 0.222. The molecule has 0 radical (unpaired) electrons. The van der Waals surface area contributed by atoms with Crippen LogP contribution in [0.3, 0.4) is 0 Å². The van der Waals surface area contributed by atoms with Crippen molar-refractivity contribution in [3.63, 3.8) is 0 Å². The maximum absolute atomic E-state index is 10.2. The maximum atomic E-state index is 10.2. The smallest absolute Gasteiger partial charge is 0.176 e. The van der Waals surface area contributed by atoms with Gasteiger partial charge in [-0.3, -0.25) is 4.79 Å². The third-order valence-electron chi connectivity index (χ3n) is 1.49. The van der Waals surface area contributed by atoms with Gasteiger partial charge in [0.1, 0.15) is 6.61 Å². The Morgan fingerprint density at radius 1 is 1.43 bits per heavy atom. The van der Waals surface area contributed by atoms with Crippen LogP contribution in [0.5, 0.6) is 11.5 Å². The van der Waals surface area contributed by atoms with Crippen molar-refractivity contribution in [1.29, 1.82) is 0 Å². The predicted octanol–water partition coefficient (Wildman–Crippen LogP) is 2.80. The van der Waals surface area contributed by atoms with E-state index in [2.05, 4.69) is 31.9 Å². The summed E-state index contributed by atoms with van der Waals surface area (Å²) in [5.74, 6) is 1.11. The highest BCUT2D eigenvalue weighted by Crippen LogP contribution is 2.37. The Morgan fingerprint density at radius 3 is 2.71 bits per heavy atom. The van der Waals surface area contributed by atoms with E-state index in [1.807, 2.05) is 6.07 Å². The number of carbonyl (C=O) groups excluding carboxylic acids is 1. The van der Waals surface area contributed by atoms with Crippen LogP contribution < -0.4 is 9.47 Å². The van der Waals surface area contributed by atoms with Gasteiger partial charge >= 0.3 is 0 Å². The summed E-state index contributed by atoms with van der Waals surface area (Å²) in [6.07, 6.45) is 0.688. The fourth-order valence-electron chi connectivity index (χ4n) is 0.946. The molecule has 1 rings (SSSR count). The first kappa shape index (κ1) is 11.5. The van der Waals surface area contributed by atoms with E-state index in [1.165, 1.54) is 0 Å². The standard InChI is InChI=1S/C9H8Br2O3/c1-13-8-5-6(10)4-7(11)9(8)14-3-2-12/h2,4-5H,3H2,1H3. The van der Waals surface area contributed by atoms with Crippen LogP contribution in [0.2, 0.25) is 0 Å². The van der Waals surface area contributed by atoms with Crippen LogP contribution in [-0.2, 0) is 4.79 Å². The molecule has 0 amide bonds. The largest absolute Gasteiger partial charge is 0.493 e. The first-order chi connectivity index (χ1) is 6.69. The van der Waals surface area contributed by atoms with Crippen LogP contribution in [-0.4, -0.2) is 20.0 Å². The zero-order valence-corrected chi connectivity index (χ0v) is 10.6. The number of rotatable bonds is 4. The first-order valence-electron chi connectivity index (χ1n) is 3.78. The lowest BCUT2D eigenvalue weighted by molar-refractivity contribution is -0.109. The van der Waals surface area contributed by atoms with Gasteiger partial charge in [-0.15, -0.1) is 0 Å². The molecule has 0 atom stereocenters. The molecule has 0 saturated heterocycles. The SMILES string of the molecule is COc1cc(Br)cc(Br)c1OCC=O. The molecule has 3 nitrogen and oxygen atoms in total. The second-order valence-corrected chi connectivity index (χ2v) is 4.17. The molecule has 14 heavy (non-hydrogen) atoms. The molecule has 76 valence electrons. The molecular weight excluding hydrogens is 316 g/mol. The number of benzene rings is 1. The summed E-state index contributed by atoms with van der Waals surface area (Å²) in [7, 11) is 1.54. The number of hydrogen-bond donors (Lipinski definition) is 0. The molecule has 0 N–H and O–H groups in total. The van der Waals surface area contributed by atoms with Crippen molar-refractivity contribution in [1.82, 2.24) is 0 Å². The fourth-order valence-corrected chi connectivity index (χ4v) is 2.25. The summed E-state index contributed by atoms with van der Waals surface area (Å²) >= 11 is 6.64. The van der Waals surface area contributed by atoms with Crippen molar-refractivity contribution >= 4 is 38.1 Å². The van der Waals surface area contributed by atoms with E-state index in [9.17, 15) is 4.79 Å². The van der Waals surface area contributed by atoms with Gasteiger partial charge in [0.15, 0.2) is 17.8 Å². The highest BCUT2D eigenvalue weighted by Gasteiger charge is 2.10. The normalized spacial score (nSPS) is 9.64. The van der Waals surface area contributed by atoms with Crippen molar-refractivity contribution in [2.45, 2.75) is 0 Å². The van der Waals surface area contributed by atoms with Gasteiger partial charge in [0, 0.05) is 4.47 Å². The molecule has 1 aromatic rings. The van der Waals surface area contributed by atoms with Crippen molar-refractivity contribution in [3.05, 3.63) is 21.1 Å². The molecule has 1 aromatic carbocycles. The lowest BCUT2D eigenvalue weighted by Crippen LogP contribution is -2.00. The molecule has 0 saturated carbocycles. The van der Waals surface area contributed by atoms with Crippen molar-refractivity contribution in [2.24, 2.45) is 0 Å². The molecule has 5 heteroatoms. The zero-order chi connectivity index (χ0) is 10.6. The lowest BCUT2D eigenvalue weighted by atomic mass is 10.3. The monoisotopic (exact) mass is 322 g/mol. The average Bonchev–Trinajstić information content (AvgIpc) is 2.15. The highest BCUT2D eigenvalue weighted by atomic mass is 79.9. The molecular formula is C9H8Br2O3. The molecule has 0 bridgehead atoms. The van der Waals surface area contributed by atoms with Crippen LogP contribution in [0.4, 0.5) is 0 Å². The van der Waals surface area contributed by atoms with Gasteiger partial charge in [-0.05, 0) is 28.1 Å². The molecule has 0 aliphatic heterocycles. The van der Waals surface area contributed by atoms with Gasteiger partial charge in [-0.1, -0.05) is 15.9 Å². The van der Waals surface area contributed by atoms with Crippen molar-refractivity contribution in [3.8, 4) is 11.5 Å². The Balaban J connectivity index is 3.04. The van der Waals surface area contributed by atoms with Crippen LogP contribution >= 0.6 is 31.9 Å². The van der Waals surface area contributed by atoms with Gasteiger partial charge in [0.2, 0.25) is 0 Å². The number of aldehydes is 1. The van der Waals surface area contributed by atoms with E-state index in [4.69, 9.17) is 9.47 Å². The summed E-state index contributed by atoms with van der Waals surface area (Å²) in [5.41, 5.74) is 0. The Labute approximate surface area is 98.6 Å². The Morgan fingerprint density at radius 2 is 2.14 bits per heavy atom. The summed E-state index contributed by atoms with van der Waals surface area (Å²) in [6.45, 7) is 0.0105. The van der Waals surface area contributed by atoms with E-state index in [-0.39, 0.29) is 6.61 Å². The van der Waals surface area contributed by atoms with Crippen molar-refractivity contribution in [2.75, 3.05) is 13.7 Å². The first-order valence-corrected chi connectivity index (χ1v) is 5.37. The molecule has 0 aromatic heterocycles. The van der Waals surface area contributed by atoms with Crippen LogP contribution in [0.25, 0.3) is 0 Å². The van der Waals surface area contributed by atoms with Gasteiger partial charge in [0.05, 0.1) is 11.6 Å². The molecule has 0 unspecified atom stereocenters. The zero-order valence-electron chi connectivity index (χ0n) is 7.42. The number of ether oxygens (including phenoxy) is 2. The second-order valence-electron chi connectivity index (χ2n) is 2.40. The summed E-state index contributed by atoms with van der Waals surface area (Å²) in [6, 6.07) is 3.59. The van der Waals surface area contributed by atoms with Gasteiger partial charge < -0.3 is 9.47 Å². The maximum Gasteiger partial charge on any atom is 0.176 e. The number of hydrogen-bond acceptors (Lipinski definition) is 3. The molecule has 0 aliphatic carbocycles. The Bertz CT molecular complexity index is 339. The summed E-state index contributed by atoms with van der Waals surface area (Å²) in [5, 5.41) is 0. The summed E-state index contributed by atoms with van der Waals surface area (Å²) in [4.78, 5) is 10.2. The quantitative estimate of drug-likeness (QED) is 0.799. The average molecular weight is 324 g/mol. The van der Waals surface area contributed by atoms with Gasteiger partial charge in [-0.2, -0.15) is 0 Å². The minimum Gasteiger partial charge on any atom is -0.493 e. The summed E-state index contributed by atoms with van der Waals surface area (Å²) < 4.78 is 11.9.